The van der Waals surface area contributed by atoms with Gasteiger partial charge in [0.05, 0.1) is 24.1 Å². The van der Waals surface area contributed by atoms with E-state index in [2.05, 4.69) is 15.2 Å². The van der Waals surface area contributed by atoms with Gasteiger partial charge in [-0.2, -0.15) is 5.10 Å². The van der Waals surface area contributed by atoms with Crippen LogP contribution in [-0.4, -0.2) is 45.2 Å². The molecule has 1 aliphatic rings. The van der Waals surface area contributed by atoms with Gasteiger partial charge in [0.2, 0.25) is 0 Å². The normalized spacial score (nSPS) is 17.0. The Morgan fingerprint density at radius 2 is 2.04 bits per heavy atom. The number of rotatable bonds is 5. The van der Waals surface area contributed by atoms with E-state index in [1.54, 1.807) is 12.4 Å². The smallest absolute Gasteiger partial charge is 0.253 e. The number of pyridine rings is 1. The zero-order valence-electron chi connectivity index (χ0n) is 15.0. The summed E-state index contributed by atoms with van der Waals surface area (Å²) >= 11 is 0. The van der Waals surface area contributed by atoms with Gasteiger partial charge in [-0.3, -0.25) is 14.9 Å². The molecular formula is C21H22N4O2. The van der Waals surface area contributed by atoms with Crippen LogP contribution in [0.4, 0.5) is 0 Å². The van der Waals surface area contributed by atoms with Gasteiger partial charge in [0.1, 0.15) is 0 Å². The third-order valence-corrected chi connectivity index (χ3v) is 4.80. The molecule has 3 heterocycles. The van der Waals surface area contributed by atoms with Crippen molar-refractivity contribution in [3.05, 3.63) is 72.2 Å². The molecule has 3 aromatic rings. The Balaban J connectivity index is 1.36. The van der Waals surface area contributed by atoms with E-state index >= 15 is 0 Å². The maximum absolute atomic E-state index is 12.9. The average molecular weight is 362 g/mol. The van der Waals surface area contributed by atoms with Gasteiger partial charge in [-0.15, -0.1) is 0 Å². The molecule has 6 nitrogen and oxygen atoms in total. The summed E-state index contributed by atoms with van der Waals surface area (Å²) < 4.78 is 5.99. The zero-order chi connectivity index (χ0) is 18.5. The molecule has 1 N–H and O–H groups in total. The van der Waals surface area contributed by atoms with Crippen LogP contribution in [0, 0.1) is 0 Å². The van der Waals surface area contributed by atoms with E-state index in [4.69, 9.17) is 4.74 Å². The summed E-state index contributed by atoms with van der Waals surface area (Å²) in [6.45, 7) is 1.87. The summed E-state index contributed by atoms with van der Waals surface area (Å²) in [6, 6.07) is 15.3. The van der Waals surface area contributed by atoms with Crippen molar-refractivity contribution < 1.29 is 9.53 Å². The first-order chi connectivity index (χ1) is 13.3. The topological polar surface area (TPSA) is 71.1 Å². The number of nitrogens with zero attached hydrogens (tertiary/aromatic N) is 3. The number of hydrogen-bond acceptors (Lipinski definition) is 4. The molecule has 0 aliphatic carbocycles. The van der Waals surface area contributed by atoms with Crippen LogP contribution in [0.1, 0.15) is 28.9 Å². The highest BCUT2D eigenvalue weighted by molar-refractivity contribution is 5.94. The third-order valence-electron chi connectivity index (χ3n) is 4.80. The van der Waals surface area contributed by atoms with E-state index < -0.39 is 0 Å². The molecule has 1 amide bonds. The molecule has 1 aliphatic heterocycles. The zero-order valence-corrected chi connectivity index (χ0v) is 15.0. The highest BCUT2D eigenvalue weighted by Gasteiger charge is 2.25. The quantitative estimate of drug-likeness (QED) is 0.756. The SMILES string of the molecule is O=C(c1ccc(-c2ccn[nH]2)cc1)N1CCC[C@H](OCc2ccccn2)C1. The van der Waals surface area contributed by atoms with Crippen LogP contribution in [0.25, 0.3) is 11.3 Å². The highest BCUT2D eigenvalue weighted by Crippen LogP contribution is 2.20. The molecule has 1 aromatic carbocycles. The first-order valence-corrected chi connectivity index (χ1v) is 9.20. The van der Waals surface area contributed by atoms with Crippen LogP contribution in [0.5, 0.6) is 0 Å². The Bertz CT molecular complexity index is 863. The van der Waals surface area contributed by atoms with Crippen LogP contribution >= 0.6 is 0 Å². The summed E-state index contributed by atoms with van der Waals surface area (Å²) in [6.07, 6.45) is 5.45. The second kappa shape index (κ2) is 8.14. The minimum atomic E-state index is 0.0500. The van der Waals surface area contributed by atoms with Gasteiger partial charge in [0.15, 0.2) is 0 Å². The lowest BCUT2D eigenvalue weighted by Gasteiger charge is -2.32. The lowest BCUT2D eigenvalue weighted by molar-refractivity contribution is -0.00785. The summed E-state index contributed by atoms with van der Waals surface area (Å²) in [5.41, 5.74) is 3.56. The lowest BCUT2D eigenvalue weighted by Crippen LogP contribution is -2.43. The van der Waals surface area contributed by atoms with Crippen LogP contribution in [0.3, 0.4) is 0 Å². The van der Waals surface area contributed by atoms with E-state index in [9.17, 15) is 4.79 Å². The number of H-pyrrole nitrogens is 1. The molecule has 1 atom stereocenters. The van der Waals surface area contributed by atoms with Crippen molar-refractivity contribution in [2.45, 2.75) is 25.6 Å². The molecule has 2 aromatic heterocycles. The molecule has 0 unspecified atom stereocenters. The van der Waals surface area contributed by atoms with Gasteiger partial charge in [-0.25, -0.2) is 0 Å². The highest BCUT2D eigenvalue weighted by atomic mass is 16.5. The molecule has 4 rings (SSSR count). The Labute approximate surface area is 158 Å². The van der Waals surface area contributed by atoms with E-state index in [1.165, 1.54) is 0 Å². The molecule has 0 radical (unpaired) electrons. The van der Waals surface area contributed by atoms with Gasteiger partial charge in [0, 0.05) is 31.0 Å². The summed E-state index contributed by atoms with van der Waals surface area (Å²) in [5.74, 6) is 0.0531. The fraction of sp³-hybridized carbons (Fsp3) is 0.286. The average Bonchev–Trinajstić information content (AvgIpc) is 3.28. The van der Waals surface area contributed by atoms with Gasteiger partial charge >= 0.3 is 0 Å². The minimum Gasteiger partial charge on any atom is -0.370 e. The van der Waals surface area contributed by atoms with Crippen molar-refractivity contribution in [3.63, 3.8) is 0 Å². The van der Waals surface area contributed by atoms with E-state index in [0.717, 1.165) is 36.3 Å². The van der Waals surface area contributed by atoms with Crippen molar-refractivity contribution in [1.82, 2.24) is 20.1 Å². The fourth-order valence-electron chi connectivity index (χ4n) is 3.34. The lowest BCUT2D eigenvalue weighted by atomic mass is 10.0. The van der Waals surface area contributed by atoms with Gasteiger partial charge < -0.3 is 9.64 Å². The predicted molar refractivity (Wildman–Crippen MR) is 102 cm³/mol. The number of ether oxygens (including phenoxy) is 1. The first kappa shape index (κ1) is 17.4. The molecule has 0 saturated carbocycles. The van der Waals surface area contributed by atoms with Gasteiger partial charge in [0.25, 0.3) is 5.91 Å². The van der Waals surface area contributed by atoms with E-state index in [-0.39, 0.29) is 12.0 Å². The number of hydrogen-bond donors (Lipinski definition) is 1. The van der Waals surface area contributed by atoms with Crippen molar-refractivity contribution >= 4 is 5.91 Å². The van der Waals surface area contributed by atoms with Crippen LogP contribution in [0.2, 0.25) is 0 Å². The summed E-state index contributed by atoms with van der Waals surface area (Å²) in [7, 11) is 0. The number of benzene rings is 1. The van der Waals surface area contributed by atoms with Crippen molar-refractivity contribution in [2.75, 3.05) is 13.1 Å². The standard InChI is InChI=1S/C21H22N4O2/c26-21(17-8-6-16(7-9-17)20-10-12-23-24-20)25-13-3-5-19(14-25)27-15-18-4-1-2-11-22-18/h1-2,4,6-12,19H,3,5,13-15H2,(H,23,24)/t19-/m0/s1. The minimum absolute atomic E-state index is 0.0500. The second-order valence-electron chi connectivity index (χ2n) is 6.70. The monoisotopic (exact) mass is 362 g/mol. The maximum Gasteiger partial charge on any atom is 0.253 e. The Hall–Kier alpha value is -2.99. The number of piperidine rings is 1. The van der Waals surface area contributed by atoms with Gasteiger partial charge in [-0.05, 0) is 48.7 Å². The van der Waals surface area contributed by atoms with E-state index in [0.29, 0.717) is 18.7 Å². The molecule has 1 saturated heterocycles. The first-order valence-electron chi connectivity index (χ1n) is 9.20. The molecule has 138 valence electrons. The Kier molecular flexibility index (Phi) is 5.25. The maximum atomic E-state index is 12.9. The number of carbonyl (C=O) groups is 1. The molecule has 6 heteroatoms. The van der Waals surface area contributed by atoms with Crippen LogP contribution < -0.4 is 0 Å². The summed E-state index contributed by atoms with van der Waals surface area (Å²) in [5, 5.41) is 6.89. The second-order valence-corrected chi connectivity index (χ2v) is 6.70. The van der Waals surface area contributed by atoms with Crippen LogP contribution in [-0.2, 0) is 11.3 Å². The number of carbonyl (C=O) groups excluding carboxylic acids is 1. The number of aromatic nitrogens is 3. The van der Waals surface area contributed by atoms with Crippen molar-refractivity contribution in [2.24, 2.45) is 0 Å². The Morgan fingerprint density at radius 1 is 1.15 bits per heavy atom. The molecule has 27 heavy (non-hydrogen) atoms. The fourth-order valence-corrected chi connectivity index (χ4v) is 3.34. The van der Waals surface area contributed by atoms with E-state index in [1.807, 2.05) is 53.4 Å². The number of likely N-dealkylation sites (tertiary alicyclic amines) is 1. The molecule has 0 spiro atoms. The molecule has 0 bridgehead atoms. The van der Waals surface area contributed by atoms with Gasteiger partial charge in [-0.1, -0.05) is 18.2 Å². The van der Waals surface area contributed by atoms with Crippen molar-refractivity contribution in [3.8, 4) is 11.3 Å². The number of nitrogens with one attached hydrogen (secondary N) is 1. The molecule has 1 fully saturated rings. The largest absolute Gasteiger partial charge is 0.370 e. The Morgan fingerprint density at radius 3 is 2.78 bits per heavy atom. The number of amides is 1. The summed E-state index contributed by atoms with van der Waals surface area (Å²) in [4.78, 5) is 19.0. The van der Waals surface area contributed by atoms with Crippen molar-refractivity contribution in [1.29, 1.82) is 0 Å². The van der Waals surface area contributed by atoms with Crippen LogP contribution in [0.15, 0.2) is 60.9 Å². The third kappa shape index (κ3) is 4.23. The number of aromatic amines is 1. The molecular weight excluding hydrogens is 340 g/mol. The predicted octanol–water partition coefficient (Wildman–Crippen LogP) is 3.29.